The van der Waals surface area contributed by atoms with Crippen LogP contribution in [0.2, 0.25) is 0 Å². The number of nitriles is 1. The van der Waals surface area contributed by atoms with Crippen LogP contribution in [0.25, 0.3) is 0 Å². The van der Waals surface area contributed by atoms with E-state index >= 15 is 0 Å². The second-order valence-electron chi connectivity index (χ2n) is 6.46. The van der Waals surface area contributed by atoms with Gasteiger partial charge >= 0.3 is 0 Å². The van der Waals surface area contributed by atoms with Crippen LogP contribution < -0.4 is 0 Å². The Bertz CT molecular complexity index is 770. The van der Waals surface area contributed by atoms with Crippen molar-refractivity contribution < 1.29 is 4.79 Å². The molecule has 1 aliphatic carbocycles. The van der Waals surface area contributed by atoms with Gasteiger partial charge in [-0.05, 0) is 24.8 Å². The van der Waals surface area contributed by atoms with E-state index in [9.17, 15) is 4.79 Å². The van der Waals surface area contributed by atoms with Gasteiger partial charge in [0.25, 0.3) is 0 Å². The molecule has 116 valence electrons. The van der Waals surface area contributed by atoms with E-state index in [4.69, 9.17) is 5.26 Å². The quantitative estimate of drug-likeness (QED) is 0.874. The minimum absolute atomic E-state index is 0.174. The summed E-state index contributed by atoms with van der Waals surface area (Å²) in [6.45, 7) is 1.44. The molecule has 4 rings (SSSR count). The van der Waals surface area contributed by atoms with Gasteiger partial charge in [-0.2, -0.15) is 10.4 Å². The molecule has 5 heteroatoms. The van der Waals surface area contributed by atoms with Crippen molar-refractivity contribution in [2.75, 3.05) is 13.1 Å². The SMILES string of the molecule is N#Cc1cnn(C2CCN(C(=O)C3(c4ccccc4)CC3)C2)c1. The molecule has 5 nitrogen and oxygen atoms in total. The number of carbonyl (C=O) groups excluding carboxylic acids is 1. The molecule has 0 bridgehead atoms. The lowest BCUT2D eigenvalue weighted by molar-refractivity contribution is -0.133. The van der Waals surface area contributed by atoms with Crippen LogP contribution in [0.4, 0.5) is 0 Å². The summed E-state index contributed by atoms with van der Waals surface area (Å²) in [6.07, 6.45) is 6.12. The summed E-state index contributed by atoms with van der Waals surface area (Å²) in [5.74, 6) is 0.249. The first-order chi connectivity index (χ1) is 11.2. The Labute approximate surface area is 135 Å². The van der Waals surface area contributed by atoms with Crippen LogP contribution in [0.3, 0.4) is 0 Å². The molecule has 1 unspecified atom stereocenters. The van der Waals surface area contributed by atoms with Crippen molar-refractivity contribution in [1.29, 1.82) is 5.26 Å². The summed E-state index contributed by atoms with van der Waals surface area (Å²) in [5.41, 5.74) is 1.41. The predicted molar refractivity (Wildman–Crippen MR) is 84.5 cm³/mol. The maximum Gasteiger partial charge on any atom is 0.233 e. The zero-order valence-corrected chi connectivity index (χ0v) is 12.9. The van der Waals surface area contributed by atoms with E-state index in [0.29, 0.717) is 12.1 Å². The van der Waals surface area contributed by atoms with Gasteiger partial charge in [-0.15, -0.1) is 0 Å². The van der Waals surface area contributed by atoms with Crippen LogP contribution in [0, 0.1) is 11.3 Å². The van der Waals surface area contributed by atoms with Gasteiger partial charge in [0.2, 0.25) is 5.91 Å². The molecule has 2 fully saturated rings. The number of hydrogen-bond donors (Lipinski definition) is 0. The Balaban J connectivity index is 1.50. The standard InChI is InChI=1S/C18H18N4O/c19-10-14-11-20-22(12-14)16-6-9-21(13-16)17(23)18(7-8-18)15-4-2-1-3-5-15/h1-5,11-12,16H,6-9,13H2. The molecule has 1 amide bonds. The van der Waals surface area contributed by atoms with Gasteiger partial charge < -0.3 is 4.90 Å². The first-order valence-electron chi connectivity index (χ1n) is 8.02. The van der Waals surface area contributed by atoms with Gasteiger partial charge in [0.15, 0.2) is 0 Å². The number of likely N-dealkylation sites (tertiary alicyclic amines) is 1. The molecule has 1 atom stereocenters. The zero-order valence-electron chi connectivity index (χ0n) is 12.9. The third kappa shape index (κ3) is 2.31. The fraction of sp³-hybridized carbons (Fsp3) is 0.389. The Hall–Kier alpha value is -2.61. The van der Waals surface area contributed by atoms with Crippen LogP contribution in [0.1, 0.15) is 36.4 Å². The average molecular weight is 306 g/mol. The Morgan fingerprint density at radius 1 is 1.30 bits per heavy atom. The van der Waals surface area contributed by atoms with Crippen LogP contribution in [-0.2, 0) is 10.2 Å². The monoisotopic (exact) mass is 306 g/mol. The molecule has 1 saturated carbocycles. The van der Waals surface area contributed by atoms with Crippen LogP contribution in [-0.4, -0.2) is 33.7 Å². The molecular formula is C18H18N4O. The smallest absolute Gasteiger partial charge is 0.233 e. The Morgan fingerprint density at radius 3 is 2.74 bits per heavy atom. The van der Waals surface area contributed by atoms with Crippen LogP contribution in [0.5, 0.6) is 0 Å². The molecule has 1 aromatic heterocycles. The van der Waals surface area contributed by atoms with E-state index < -0.39 is 0 Å². The van der Waals surface area contributed by atoms with Gasteiger partial charge in [0, 0.05) is 19.3 Å². The second-order valence-corrected chi connectivity index (χ2v) is 6.46. The van der Waals surface area contributed by atoms with E-state index in [1.54, 1.807) is 12.4 Å². The summed E-state index contributed by atoms with van der Waals surface area (Å²) < 4.78 is 1.83. The highest BCUT2D eigenvalue weighted by molar-refractivity contribution is 5.91. The minimum atomic E-state index is -0.294. The number of amides is 1. The first-order valence-corrected chi connectivity index (χ1v) is 8.02. The lowest BCUT2D eigenvalue weighted by Gasteiger charge is -2.23. The van der Waals surface area contributed by atoms with E-state index in [1.807, 2.05) is 27.8 Å². The van der Waals surface area contributed by atoms with Crippen molar-refractivity contribution in [3.8, 4) is 6.07 Å². The highest BCUT2D eigenvalue weighted by Gasteiger charge is 2.53. The third-order valence-corrected chi connectivity index (χ3v) is 5.04. The van der Waals surface area contributed by atoms with Gasteiger partial charge in [0.1, 0.15) is 6.07 Å². The van der Waals surface area contributed by atoms with E-state index in [1.165, 1.54) is 0 Å². The summed E-state index contributed by atoms with van der Waals surface area (Å²) in [5, 5.41) is 13.2. The second kappa shape index (κ2) is 5.24. The van der Waals surface area contributed by atoms with Gasteiger partial charge in [-0.3, -0.25) is 9.48 Å². The number of hydrogen-bond acceptors (Lipinski definition) is 3. The first kappa shape index (κ1) is 14.0. The van der Waals surface area contributed by atoms with E-state index in [-0.39, 0.29) is 17.4 Å². The molecule has 1 saturated heterocycles. The normalized spacial score (nSPS) is 21.9. The number of nitrogens with zero attached hydrogens (tertiary/aromatic N) is 4. The highest BCUT2D eigenvalue weighted by atomic mass is 16.2. The predicted octanol–water partition coefficient (Wildman–Crippen LogP) is 2.26. The van der Waals surface area contributed by atoms with E-state index in [0.717, 1.165) is 31.4 Å². The lowest BCUT2D eigenvalue weighted by atomic mass is 9.94. The number of carbonyl (C=O) groups is 1. The molecule has 2 heterocycles. The molecule has 2 aromatic rings. The van der Waals surface area contributed by atoms with Crippen molar-refractivity contribution >= 4 is 5.91 Å². The Morgan fingerprint density at radius 2 is 2.09 bits per heavy atom. The topological polar surface area (TPSA) is 61.9 Å². The molecule has 23 heavy (non-hydrogen) atoms. The molecule has 1 aromatic carbocycles. The Kier molecular flexibility index (Phi) is 3.19. The summed E-state index contributed by atoms with van der Waals surface area (Å²) >= 11 is 0. The number of benzene rings is 1. The molecule has 0 N–H and O–H groups in total. The van der Waals surface area contributed by atoms with Crippen molar-refractivity contribution in [2.24, 2.45) is 0 Å². The molecule has 0 spiro atoms. The van der Waals surface area contributed by atoms with Crippen molar-refractivity contribution in [3.63, 3.8) is 0 Å². The van der Waals surface area contributed by atoms with E-state index in [2.05, 4.69) is 23.3 Å². The third-order valence-electron chi connectivity index (χ3n) is 5.04. The number of rotatable bonds is 3. The molecule has 0 radical (unpaired) electrons. The molecule has 1 aliphatic heterocycles. The summed E-state index contributed by atoms with van der Waals surface area (Å²) in [7, 11) is 0. The van der Waals surface area contributed by atoms with Gasteiger partial charge in [0.05, 0.1) is 23.2 Å². The van der Waals surface area contributed by atoms with Gasteiger partial charge in [-0.25, -0.2) is 0 Å². The highest BCUT2D eigenvalue weighted by Crippen LogP contribution is 2.50. The van der Waals surface area contributed by atoms with Crippen LogP contribution in [0.15, 0.2) is 42.7 Å². The summed E-state index contributed by atoms with van der Waals surface area (Å²) in [4.78, 5) is 15.0. The molecular weight excluding hydrogens is 288 g/mol. The minimum Gasteiger partial charge on any atom is -0.340 e. The maximum atomic E-state index is 13.0. The van der Waals surface area contributed by atoms with Crippen molar-refractivity contribution in [1.82, 2.24) is 14.7 Å². The lowest BCUT2D eigenvalue weighted by Crippen LogP contribution is -2.38. The zero-order chi connectivity index (χ0) is 15.9. The largest absolute Gasteiger partial charge is 0.340 e. The summed E-state index contributed by atoms with van der Waals surface area (Å²) in [6, 6.07) is 12.4. The van der Waals surface area contributed by atoms with Crippen LogP contribution >= 0.6 is 0 Å². The number of aromatic nitrogens is 2. The van der Waals surface area contributed by atoms with Gasteiger partial charge in [-0.1, -0.05) is 30.3 Å². The fourth-order valence-corrected chi connectivity index (χ4v) is 3.55. The van der Waals surface area contributed by atoms with Crippen molar-refractivity contribution in [2.45, 2.75) is 30.7 Å². The average Bonchev–Trinajstić information content (AvgIpc) is 3.04. The fourth-order valence-electron chi connectivity index (χ4n) is 3.55. The van der Waals surface area contributed by atoms with Crippen molar-refractivity contribution in [3.05, 3.63) is 53.9 Å². The maximum absolute atomic E-state index is 13.0. The molecule has 2 aliphatic rings.